The van der Waals surface area contributed by atoms with E-state index in [2.05, 4.69) is 0 Å². The average molecular weight is 154 g/mol. The van der Waals surface area contributed by atoms with Gasteiger partial charge in [0.15, 0.2) is 6.29 Å². The molecular formula is C9H11FO. The third kappa shape index (κ3) is 2.94. The minimum Gasteiger partial charge on any atom is -0.298 e. The van der Waals surface area contributed by atoms with Gasteiger partial charge in [0.2, 0.25) is 0 Å². The van der Waals surface area contributed by atoms with Gasteiger partial charge < -0.3 is 0 Å². The van der Waals surface area contributed by atoms with Crippen molar-refractivity contribution in [2.75, 3.05) is 0 Å². The van der Waals surface area contributed by atoms with Crippen LogP contribution in [0.2, 0.25) is 0 Å². The topological polar surface area (TPSA) is 17.1 Å². The van der Waals surface area contributed by atoms with Crippen molar-refractivity contribution in [1.29, 1.82) is 0 Å². The lowest BCUT2D eigenvalue weighted by Gasteiger charge is -1.88. The van der Waals surface area contributed by atoms with Crippen LogP contribution in [0.25, 0.3) is 0 Å². The molecule has 2 heteroatoms. The van der Waals surface area contributed by atoms with Crippen molar-refractivity contribution >= 4 is 6.29 Å². The molecule has 0 spiro atoms. The van der Waals surface area contributed by atoms with Gasteiger partial charge in [-0.25, -0.2) is 4.39 Å². The van der Waals surface area contributed by atoms with E-state index in [1.165, 1.54) is 12.1 Å². The second kappa shape index (κ2) is 5.59. The highest BCUT2D eigenvalue weighted by Crippen LogP contribution is 2.01. The first-order chi connectivity index (χ1) is 5.34. The van der Waals surface area contributed by atoms with E-state index in [4.69, 9.17) is 0 Å². The van der Waals surface area contributed by atoms with Gasteiger partial charge in [0, 0.05) is 0 Å². The van der Waals surface area contributed by atoms with Gasteiger partial charge in [0.25, 0.3) is 0 Å². The zero-order valence-electron chi connectivity index (χ0n) is 6.67. The Morgan fingerprint density at radius 2 is 1.82 bits per heavy atom. The third-order valence-electron chi connectivity index (χ3n) is 1.03. The van der Waals surface area contributed by atoms with E-state index in [9.17, 15) is 9.18 Å². The summed E-state index contributed by atoms with van der Waals surface area (Å²) < 4.78 is 12.4. The number of carbonyl (C=O) groups excluding carboxylic acids is 1. The fourth-order valence-corrected chi connectivity index (χ4v) is 0.571. The van der Waals surface area contributed by atoms with Crippen LogP contribution in [-0.2, 0) is 0 Å². The molecule has 0 aromatic heterocycles. The predicted octanol–water partition coefficient (Wildman–Crippen LogP) is 2.66. The lowest BCUT2D eigenvalue weighted by Crippen LogP contribution is -1.83. The predicted molar refractivity (Wildman–Crippen MR) is 43.1 cm³/mol. The summed E-state index contributed by atoms with van der Waals surface area (Å²) in [6.07, 6.45) is 0.495. The highest BCUT2D eigenvalue weighted by molar-refractivity contribution is 5.74. The van der Waals surface area contributed by atoms with E-state index in [0.717, 1.165) is 0 Å². The first-order valence-corrected chi connectivity index (χ1v) is 3.54. The lowest BCUT2D eigenvalue weighted by atomic mass is 10.2. The van der Waals surface area contributed by atoms with Crippen molar-refractivity contribution in [1.82, 2.24) is 0 Å². The summed E-state index contributed by atoms with van der Waals surface area (Å²) >= 11 is 0. The Morgan fingerprint density at radius 1 is 1.27 bits per heavy atom. The van der Waals surface area contributed by atoms with Crippen LogP contribution in [0.1, 0.15) is 24.2 Å². The first kappa shape index (κ1) is 9.82. The summed E-state index contributed by atoms with van der Waals surface area (Å²) in [5, 5.41) is 0. The Balaban J connectivity index is 0.000000461. The summed E-state index contributed by atoms with van der Waals surface area (Å²) in [6, 6.07) is 5.85. The molecule has 0 heterocycles. The van der Waals surface area contributed by atoms with Crippen LogP contribution in [0.5, 0.6) is 0 Å². The average Bonchev–Trinajstić information content (AvgIpc) is 2.09. The molecule has 0 bridgehead atoms. The van der Waals surface area contributed by atoms with Gasteiger partial charge in [-0.2, -0.15) is 0 Å². The summed E-state index contributed by atoms with van der Waals surface area (Å²) in [7, 11) is 0. The molecule has 0 aliphatic carbocycles. The van der Waals surface area contributed by atoms with Crippen molar-refractivity contribution in [2.24, 2.45) is 0 Å². The van der Waals surface area contributed by atoms with Crippen LogP contribution >= 0.6 is 0 Å². The fourth-order valence-electron chi connectivity index (χ4n) is 0.571. The molecule has 0 aliphatic rings. The summed E-state index contributed by atoms with van der Waals surface area (Å²) in [4.78, 5) is 9.99. The number of halogens is 1. The van der Waals surface area contributed by atoms with E-state index in [1.807, 2.05) is 13.8 Å². The van der Waals surface area contributed by atoms with Crippen LogP contribution in [-0.4, -0.2) is 6.29 Å². The van der Waals surface area contributed by atoms with Crippen molar-refractivity contribution in [3.8, 4) is 0 Å². The van der Waals surface area contributed by atoms with Crippen LogP contribution in [0.4, 0.5) is 4.39 Å². The van der Waals surface area contributed by atoms with Crippen LogP contribution < -0.4 is 0 Å². The second-order valence-electron chi connectivity index (χ2n) is 1.64. The van der Waals surface area contributed by atoms with Crippen LogP contribution in [0.3, 0.4) is 0 Å². The smallest absolute Gasteiger partial charge is 0.152 e. The zero-order chi connectivity index (χ0) is 8.69. The molecule has 0 fully saturated rings. The first-order valence-electron chi connectivity index (χ1n) is 3.54. The van der Waals surface area contributed by atoms with Crippen molar-refractivity contribution in [3.63, 3.8) is 0 Å². The fraction of sp³-hybridized carbons (Fsp3) is 0.222. The van der Waals surface area contributed by atoms with E-state index in [-0.39, 0.29) is 5.56 Å². The van der Waals surface area contributed by atoms with Gasteiger partial charge >= 0.3 is 0 Å². The standard InChI is InChI=1S/C7H5FO.C2H6/c8-7-4-2-1-3-6(7)5-9;1-2/h1-5H;1-2H3. The normalized spacial score (nSPS) is 7.91. The maximum Gasteiger partial charge on any atom is 0.152 e. The minimum absolute atomic E-state index is 0.109. The molecule has 1 aromatic rings. The Hall–Kier alpha value is -1.18. The van der Waals surface area contributed by atoms with Crippen LogP contribution in [0, 0.1) is 5.82 Å². The number of rotatable bonds is 1. The molecule has 0 saturated heterocycles. The molecule has 60 valence electrons. The van der Waals surface area contributed by atoms with Gasteiger partial charge in [-0.15, -0.1) is 0 Å². The Bertz CT molecular complexity index is 221. The van der Waals surface area contributed by atoms with Gasteiger partial charge in [0.05, 0.1) is 5.56 Å². The number of benzene rings is 1. The van der Waals surface area contributed by atoms with Gasteiger partial charge in [-0.05, 0) is 12.1 Å². The Labute approximate surface area is 65.9 Å². The molecule has 0 unspecified atom stereocenters. The summed E-state index contributed by atoms with van der Waals surface area (Å²) in [5.41, 5.74) is 0.109. The largest absolute Gasteiger partial charge is 0.298 e. The number of aldehydes is 1. The monoisotopic (exact) mass is 154 g/mol. The third-order valence-corrected chi connectivity index (χ3v) is 1.03. The number of hydrogen-bond acceptors (Lipinski definition) is 1. The summed E-state index contributed by atoms with van der Waals surface area (Å²) in [6.45, 7) is 4.00. The van der Waals surface area contributed by atoms with Crippen molar-refractivity contribution < 1.29 is 9.18 Å². The van der Waals surface area contributed by atoms with Crippen molar-refractivity contribution in [3.05, 3.63) is 35.6 Å². The molecule has 0 saturated carbocycles. The van der Waals surface area contributed by atoms with Crippen molar-refractivity contribution in [2.45, 2.75) is 13.8 Å². The van der Waals surface area contributed by atoms with E-state index >= 15 is 0 Å². The van der Waals surface area contributed by atoms with E-state index in [1.54, 1.807) is 12.1 Å². The molecule has 1 aromatic carbocycles. The lowest BCUT2D eigenvalue weighted by molar-refractivity contribution is 0.112. The molecule has 0 aliphatic heterocycles. The van der Waals surface area contributed by atoms with E-state index in [0.29, 0.717) is 6.29 Å². The molecule has 0 radical (unpaired) electrons. The molecular weight excluding hydrogens is 143 g/mol. The number of hydrogen-bond donors (Lipinski definition) is 0. The number of carbonyl (C=O) groups is 1. The Morgan fingerprint density at radius 3 is 2.18 bits per heavy atom. The summed E-state index contributed by atoms with van der Waals surface area (Å²) in [5.74, 6) is -0.465. The van der Waals surface area contributed by atoms with Crippen LogP contribution in [0.15, 0.2) is 24.3 Å². The quantitative estimate of drug-likeness (QED) is 0.568. The van der Waals surface area contributed by atoms with Gasteiger partial charge in [-0.3, -0.25) is 4.79 Å². The molecule has 0 N–H and O–H groups in total. The van der Waals surface area contributed by atoms with Gasteiger partial charge in [0.1, 0.15) is 5.82 Å². The Kier molecular flexibility index (Phi) is 4.99. The highest BCUT2D eigenvalue weighted by Gasteiger charge is 1.94. The molecule has 0 atom stereocenters. The highest BCUT2D eigenvalue weighted by atomic mass is 19.1. The van der Waals surface area contributed by atoms with Gasteiger partial charge in [-0.1, -0.05) is 26.0 Å². The molecule has 1 nitrogen and oxygen atoms in total. The molecule has 11 heavy (non-hydrogen) atoms. The molecule has 1 rings (SSSR count). The minimum atomic E-state index is -0.465. The second-order valence-corrected chi connectivity index (χ2v) is 1.64. The zero-order valence-corrected chi connectivity index (χ0v) is 6.67. The maximum absolute atomic E-state index is 12.4. The molecule has 0 amide bonds. The SMILES string of the molecule is CC.O=Cc1ccccc1F. The maximum atomic E-state index is 12.4. The van der Waals surface area contributed by atoms with E-state index < -0.39 is 5.82 Å².